The van der Waals surface area contributed by atoms with Crippen molar-refractivity contribution in [1.29, 1.82) is 0 Å². The van der Waals surface area contributed by atoms with Crippen LogP contribution in [0.3, 0.4) is 0 Å². The molecule has 0 bridgehead atoms. The van der Waals surface area contributed by atoms with Gasteiger partial charge in [-0.2, -0.15) is 4.98 Å². The zero-order valence-electron chi connectivity index (χ0n) is 10.3. The molecule has 2 heterocycles. The fraction of sp³-hybridized carbons (Fsp3) is 0.250. The molecule has 0 aliphatic carbocycles. The van der Waals surface area contributed by atoms with Crippen molar-refractivity contribution in [2.24, 2.45) is 5.84 Å². The molecule has 0 aliphatic rings. The van der Waals surface area contributed by atoms with E-state index >= 15 is 0 Å². The van der Waals surface area contributed by atoms with Crippen LogP contribution in [0.4, 0.5) is 5.69 Å². The smallest absolute Gasteiger partial charge is 0.324 e. The van der Waals surface area contributed by atoms with Gasteiger partial charge in [-0.25, -0.2) is 4.79 Å². The van der Waals surface area contributed by atoms with Crippen molar-refractivity contribution < 1.29 is 0 Å². The first-order valence-corrected chi connectivity index (χ1v) is 5.57. The summed E-state index contributed by atoms with van der Waals surface area (Å²) >= 11 is 0. The van der Waals surface area contributed by atoms with Gasteiger partial charge in [0.25, 0.3) is 0 Å². The number of aryl methyl sites for hydroxylation is 2. The minimum atomic E-state index is -0.264. The Balaban J connectivity index is 2.37. The lowest BCUT2D eigenvalue weighted by atomic mass is 10.3. The lowest BCUT2D eigenvalue weighted by Gasteiger charge is -2.10. The van der Waals surface area contributed by atoms with E-state index in [1.807, 2.05) is 13.0 Å². The van der Waals surface area contributed by atoms with Crippen molar-refractivity contribution >= 4 is 5.69 Å². The molecule has 0 aromatic carbocycles. The quantitative estimate of drug-likeness (QED) is 0.610. The first kappa shape index (κ1) is 12.3. The topological polar surface area (TPSA) is 85.8 Å². The predicted octanol–water partition coefficient (Wildman–Crippen LogP) is 0.589. The highest BCUT2D eigenvalue weighted by atomic mass is 16.1. The van der Waals surface area contributed by atoms with Crippen molar-refractivity contribution in [1.82, 2.24) is 14.5 Å². The lowest BCUT2D eigenvalue weighted by molar-refractivity contribution is 0.681. The minimum Gasteiger partial charge on any atom is -0.324 e. The molecule has 6 heteroatoms. The average Bonchev–Trinajstić information content (AvgIpc) is 2.34. The number of aromatic nitrogens is 3. The Morgan fingerprint density at radius 2 is 2.17 bits per heavy atom. The van der Waals surface area contributed by atoms with Gasteiger partial charge in [0, 0.05) is 17.6 Å². The molecule has 0 radical (unpaired) electrons. The molecule has 94 valence electrons. The van der Waals surface area contributed by atoms with Gasteiger partial charge >= 0.3 is 5.69 Å². The third-order valence-corrected chi connectivity index (χ3v) is 2.65. The zero-order valence-corrected chi connectivity index (χ0v) is 10.3. The summed E-state index contributed by atoms with van der Waals surface area (Å²) in [5, 5.41) is 0. The average molecular weight is 245 g/mol. The van der Waals surface area contributed by atoms with Crippen molar-refractivity contribution in [3.8, 4) is 0 Å². The summed E-state index contributed by atoms with van der Waals surface area (Å²) < 4.78 is 1.58. The van der Waals surface area contributed by atoms with Gasteiger partial charge in [-0.05, 0) is 32.0 Å². The summed E-state index contributed by atoms with van der Waals surface area (Å²) in [5.41, 5.74) is 5.37. The van der Waals surface area contributed by atoms with E-state index in [1.54, 1.807) is 29.8 Å². The van der Waals surface area contributed by atoms with Crippen LogP contribution in [0.2, 0.25) is 0 Å². The van der Waals surface area contributed by atoms with E-state index < -0.39 is 0 Å². The van der Waals surface area contributed by atoms with E-state index in [9.17, 15) is 4.79 Å². The van der Waals surface area contributed by atoms with Crippen LogP contribution in [0.1, 0.15) is 17.1 Å². The summed E-state index contributed by atoms with van der Waals surface area (Å²) in [7, 11) is 0. The highest BCUT2D eigenvalue weighted by Gasteiger charge is 2.05. The van der Waals surface area contributed by atoms with Gasteiger partial charge in [0.1, 0.15) is 0 Å². The Morgan fingerprint density at radius 1 is 1.39 bits per heavy atom. The molecule has 0 unspecified atom stereocenters. The van der Waals surface area contributed by atoms with E-state index in [0.29, 0.717) is 6.54 Å². The van der Waals surface area contributed by atoms with Gasteiger partial charge in [-0.3, -0.25) is 15.4 Å². The molecule has 0 amide bonds. The van der Waals surface area contributed by atoms with Crippen LogP contribution in [0.25, 0.3) is 0 Å². The molecule has 18 heavy (non-hydrogen) atoms. The van der Waals surface area contributed by atoms with E-state index in [2.05, 4.69) is 15.4 Å². The van der Waals surface area contributed by atoms with Crippen molar-refractivity contribution in [2.75, 3.05) is 5.43 Å². The number of nitrogen functional groups attached to an aromatic ring is 1. The van der Waals surface area contributed by atoms with Gasteiger partial charge in [0.05, 0.1) is 17.9 Å². The number of hydrogen-bond donors (Lipinski definition) is 2. The van der Waals surface area contributed by atoms with E-state index in [0.717, 1.165) is 22.8 Å². The molecule has 6 nitrogen and oxygen atoms in total. The predicted molar refractivity (Wildman–Crippen MR) is 69.1 cm³/mol. The third kappa shape index (κ3) is 2.54. The zero-order chi connectivity index (χ0) is 13.1. The SMILES string of the molecule is Cc1cc(C)n(Cc2cc(NN)ccn2)c(=O)n1. The maximum atomic E-state index is 11.8. The highest BCUT2D eigenvalue weighted by molar-refractivity contribution is 5.41. The van der Waals surface area contributed by atoms with Crippen LogP contribution in [0.15, 0.2) is 29.2 Å². The van der Waals surface area contributed by atoms with Crippen LogP contribution >= 0.6 is 0 Å². The van der Waals surface area contributed by atoms with Gasteiger partial charge in [0.15, 0.2) is 0 Å². The first-order chi connectivity index (χ1) is 8.60. The first-order valence-electron chi connectivity index (χ1n) is 5.57. The number of nitrogens with two attached hydrogens (primary N) is 1. The van der Waals surface area contributed by atoms with Gasteiger partial charge < -0.3 is 5.43 Å². The Bertz CT molecular complexity index is 620. The third-order valence-electron chi connectivity index (χ3n) is 2.65. The molecule has 0 fully saturated rings. The second-order valence-corrected chi connectivity index (χ2v) is 4.09. The summed E-state index contributed by atoms with van der Waals surface area (Å²) in [6, 6.07) is 5.42. The number of nitrogens with zero attached hydrogens (tertiary/aromatic N) is 3. The molecule has 0 saturated carbocycles. The van der Waals surface area contributed by atoms with Crippen LogP contribution in [-0.2, 0) is 6.54 Å². The molecular formula is C12H15N5O. The molecule has 0 aliphatic heterocycles. The number of anilines is 1. The largest absolute Gasteiger partial charge is 0.348 e. The molecule has 2 aromatic rings. The molecule has 2 rings (SSSR count). The van der Waals surface area contributed by atoms with Crippen LogP contribution in [0.5, 0.6) is 0 Å². The summed E-state index contributed by atoms with van der Waals surface area (Å²) in [6.45, 7) is 4.06. The maximum Gasteiger partial charge on any atom is 0.348 e. The fourth-order valence-corrected chi connectivity index (χ4v) is 1.78. The van der Waals surface area contributed by atoms with Crippen molar-refractivity contribution in [3.63, 3.8) is 0 Å². The normalized spacial score (nSPS) is 10.4. The van der Waals surface area contributed by atoms with Crippen molar-refractivity contribution in [2.45, 2.75) is 20.4 Å². The molecule has 0 saturated heterocycles. The minimum absolute atomic E-state index is 0.264. The Morgan fingerprint density at radius 3 is 2.83 bits per heavy atom. The van der Waals surface area contributed by atoms with Gasteiger partial charge in [-0.1, -0.05) is 0 Å². The second kappa shape index (κ2) is 4.97. The van der Waals surface area contributed by atoms with E-state index in [1.165, 1.54) is 0 Å². The van der Waals surface area contributed by atoms with Crippen LogP contribution in [-0.4, -0.2) is 14.5 Å². The summed E-state index contributed by atoms with van der Waals surface area (Å²) in [5.74, 6) is 5.33. The van der Waals surface area contributed by atoms with Gasteiger partial charge in [-0.15, -0.1) is 0 Å². The number of pyridine rings is 1. The summed E-state index contributed by atoms with van der Waals surface area (Å²) in [4.78, 5) is 19.9. The lowest BCUT2D eigenvalue weighted by Crippen LogP contribution is -2.26. The molecular weight excluding hydrogens is 230 g/mol. The highest BCUT2D eigenvalue weighted by Crippen LogP contribution is 2.08. The number of nitrogens with one attached hydrogen (secondary N) is 1. The number of rotatable bonds is 3. The molecule has 0 spiro atoms. The molecule has 0 atom stereocenters. The number of hydrazine groups is 1. The molecule has 3 N–H and O–H groups in total. The van der Waals surface area contributed by atoms with E-state index in [4.69, 9.17) is 5.84 Å². The maximum absolute atomic E-state index is 11.8. The Labute approximate surface area is 104 Å². The van der Waals surface area contributed by atoms with E-state index in [-0.39, 0.29) is 5.69 Å². The number of hydrogen-bond acceptors (Lipinski definition) is 5. The van der Waals surface area contributed by atoms with Crippen molar-refractivity contribution in [3.05, 3.63) is 52.0 Å². The standard InChI is InChI=1S/C12H15N5O/c1-8-5-9(2)17(12(18)15-8)7-11-6-10(16-13)3-4-14-11/h3-6H,7,13H2,1-2H3,(H,14,16). The summed E-state index contributed by atoms with van der Waals surface area (Å²) in [6.07, 6.45) is 1.65. The molecule has 2 aromatic heterocycles. The monoisotopic (exact) mass is 245 g/mol. The Hall–Kier alpha value is -2.21. The Kier molecular flexibility index (Phi) is 3.38. The van der Waals surface area contributed by atoms with Gasteiger partial charge in [0.2, 0.25) is 0 Å². The fourth-order valence-electron chi connectivity index (χ4n) is 1.78. The van der Waals surface area contributed by atoms with Crippen LogP contribution in [0, 0.1) is 13.8 Å². The second-order valence-electron chi connectivity index (χ2n) is 4.09. The van der Waals surface area contributed by atoms with Crippen LogP contribution < -0.4 is 17.0 Å².